The van der Waals surface area contributed by atoms with E-state index < -0.39 is 10.0 Å². The van der Waals surface area contributed by atoms with Crippen molar-refractivity contribution >= 4 is 43.2 Å². The molecule has 1 aromatic carbocycles. The van der Waals surface area contributed by atoms with Gasteiger partial charge in [-0.15, -0.1) is 0 Å². The normalized spacial score (nSPS) is 11.4. The van der Waals surface area contributed by atoms with Crippen molar-refractivity contribution in [1.29, 1.82) is 0 Å². The summed E-state index contributed by atoms with van der Waals surface area (Å²) >= 11 is 9.17. The van der Waals surface area contributed by atoms with Crippen LogP contribution in [-0.2, 0) is 17.1 Å². The molecule has 20 heavy (non-hydrogen) atoms. The van der Waals surface area contributed by atoms with E-state index in [4.69, 9.17) is 16.3 Å². The Balaban J connectivity index is 2.38. The summed E-state index contributed by atoms with van der Waals surface area (Å²) in [5.74, 6) is 0.518. The molecule has 0 unspecified atom stereocenters. The highest BCUT2D eigenvalue weighted by atomic mass is 79.9. The lowest BCUT2D eigenvalue weighted by Gasteiger charge is -2.09. The van der Waals surface area contributed by atoms with E-state index in [-0.39, 0.29) is 10.2 Å². The molecule has 2 aromatic rings. The number of aromatic nitrogens is 2. The number of sulfonamides is 1. The van der Waals surface area contributed by atoms with Gasteiger partial charge in [0.15, 0.2) is 0 Å². The van der Waals surface area contributed by atoms with E-state index in [1.165, 1.54) is 18.0 Å². The monoisotopic (exact) mass is 379 g/mol. The molecule has 0 aliphatic carbocycles. The Hall–Kier alpha value is -1.25. The standard InChI is InChI=1S/C11H11BrClN3O3S/c1-16-6-14-11(10(16)13)20(17,18)15-8-3-7(12)4-9(5-8)19-2/h3-6,15H,1-2H3. The Morgan fingerprint density at radius 3 is 2.65 bits per heavy atom. The van der Waals surface area contributed by atoms with Crippen molar-refractivity contribution in [2.75, 3.05) is 11.8 Å². The second kappa shape index (κ2) is 5.63. The number of halogens is 2. The predicted molar refractivity (Wildman–Crippen MR) is 79.7 cm³/mol. The minimum Gasteiger partial charge on any atom is -0.497 e. The number of methoxy groups -OCH3 is 1. The summed E-state index contributed by atoms with van der Waals surface area (Å²) in [6, 6.07) is 4.88. The van der Waals surface area contributed by atoms with Crippen molar-refractivity contribution in [2.24, 2.45) is 7.05 Å². The minimum absolute atomic E-state index is 0.0412. The van der Waals surface area contributed by atoms with Gasteiger partial charge in [-0.25, -0.2) is 4.98 Å². The van der Waals surface area contributed by atoms with Gasteiger partial charge < -0.3 is 9.30 Å². The molecule has 0 radical (unpaired) electrons. The van der Waals surface area contributed by atoms with Crippen molar-refractivity contribution < 1.29 is 13.2 Å². The SMILES string of the molecule is COc1cc(Br)cc(NS(=O)(=O)c2ncn(C)c2Cl)c1. The molecule has 0 aliphatic rings. The topological polar surface area (TPSA) is 73.2 Å². The van der Waals surface area contributed by atoms with Crippen LogP contribution >= 0.6 is 27.5 Å². The number of aryl methyl sites for hydroxylation is 1. The van der Waals surface area contributed by atoms with Crippen LogP contribution < -0.4 is 9.46 Å². The van der Waals surface area contributed by atoms with E-state index in [1.54, 1.807) is 25.2 Å². The molecule has 0 amide bonds. The zero-order valence-corrected chi connectivity index (χ0v) is 13.8. The van der Waals surface area contributed by atoms with Crippen LogP contribution in [-0.4, -0.2) is 25.1 Å². The van der Waals surface area contributed by atoms with Gasteiger partial charge in [-0.2, -0.15) is 8.42 Å². The average molecular weight is 381 g/mol. The lowest BCUT2D eigenvalue weighted by atomic mass is 10.3. The zero-order chi connectivity index (χ0) is 14.9. The highest BCUT2D eigenvalue weighted by molar-refractivity contribution is 9.10. The molecular formula is C11H11BrClN3O3S. The third-order valence-electron chi connectivity index (χ3n) is 2.45. The number of hydrogen-bond acceptors (Lipinski definition) is 4. The van der Waals surface area contributed by atoms with Crippen molar-refractivity contribution in [2.45, 2.75) is 5.03 Å². The minimum atomic E-state index is -3.86. The third kappa shape index (κ3) is 3.08. The molecule has 108 valence electrons. The maximum Gasteiger partial charge on any atom is 0.282 e. The molecule has 0 fully saturated rings. The first-order valence-electron chi connectivity index (χ1n) is 5.37. The van der Waals surface area contributed by atoms with Crippen LogP contribution in [0.25, 0.3) is 0 Å². The van der Waals surface area contributed by atoms with E-state index in [2.05, 4.69) is 25.6 Å². The highest BCUT2D eigenvalue weighted by Gasteiger charge is 2.22. The number of nitrogens with one attached hydrogen (secondary N) is 1. The van der Waals surface area contributed by atoms with Crippen LogP contribution in [0.15, 0.2) is 34.0 Å². The number of benzene rings is 1. The van der Waals surface area contributed by atoms with Crippen LogP contribution in [0.4, 0.5) is 5.69 Å². The van der Waals surface area contributed by atoms with Crippen LogP contribution in [0.5, 0.6) is 5.75 Å². The van der Waals surface area contributed by atoms with Crippen molar-refractivity contribution in [1.82, 2.24) is 9.55 Å². The van der Waals surface area contributed by atoms with Gasteiger partial charge >= 0.3 is 0 Å². The number of imidazole rings is 1. The quantitative estimate of drug-likeness (QED) is 0.885. The fourth-order valence-corrected chi connectivity index (χ4v) is 3.46. The smallest absolute Gasteiger partial charge is 0.282 e. The summed E-state index contributed by atoms with van der Waals surface area (Å²) < 4.78 is 34.0. The van der Waals surface area contributed by atoms with E-state index in [0.717, 1.165) is 0 Å². The van der Waals surface area contributed by atoms with Gasteiger partial charge in [0.05, 0.1) is 19.1 Å². The molecule has 0 saturated carbocycles. The summed E-state index contributed by atoms with van der Waals surface area (Å²) in [6.45, 7) is 0. The number of nitrogens with zero attached hydrogens (tertiary/aromatic N) is 2. The summed E-state index contributed by atoms with van der Waals surface area (Å²) in [7, 11) is -0.752. The Morgan fingerprint density at radius 1 is 1.40 bits per heavy atom. The molecule has 1 aromatic heterocycles. The summed E-state index contributed by atoms with van der Waals surface area (Å²) in [5.41, 5.74) is 0.345. The van der Waals surface area contributed by atoms with Gasteiger partial charge in [-0.05, 0) is 12.1 Å². The van der Waals surface area contributed by atoms with Crippen molar-refractivity contribution in [3.63, 3.8) is 0 Å². The Morgan fingerprint density at radius 2 is 2.10 bits per heavy atom. The highest BCUT2D eigenvalue weighted by Crippen LogP contribution is 2.27. The fraction of sp³-hybridized carbons (Fsp3) is 0.182. The largest absolute Gasteiger partial charge is 0.497 e. The Labute approximate surface area is 129 Å². The molecule has 0 aliphatic heterocycles. The lowest BCUT2D eigenvalue weighted by Crippen LogP contribution is -2.14. The third-order valence-corrected chi connectivity index (χ3v) is 4.78. The van der Waals surface area contributed by atoms with E-state index in [1.807, 2.05) is 0 Å². The summed E-state index contributed by atoms with van der Waals surface area (Å²) in [4.78, 5) is 3.79. The summed E-state index contributed by atoms with van der Waals surface area (Å²) in [5, 5.41) is -0.180. The predicted octanol–water partition coefficient (Wildman–Crippen LogP) is 2.65. The van der Waals surface area contributed by atoms with Crippen molar-refractivity contribution in [3.05, 3.63) is 34.2 Å². The molecule has 0 atom stereocenters. The average Bonchev–Trinajstić information content (AvgIpc) is 2.69. The second-order valence-electron chi connectivity index (χ2n) is 3.94. The van der Waals surface area contributed by atoms with E-state index in [9.17, 15) is 8.42 Å². The molecule has 1 heterocycles. The van der Waals surface area contributed by atoms with Gasteiger partial charge in [0.25, 0.3) is 10.0 Å². The maximum atomic E-state index is 12.2. The zero-order valence-electron chi connectivity index (χ0n) is 10.6. The number of rotatable bonds is 4. The molecule has 0 saturated heterocycles. The number of hydrogen-bond donors (Lipinski definition) is 1. The van der Waals surface area contributed by atoms with Crippen LogP contribution in [0.1, 0.15) is 0 Å². The molecule has 1 N–H and O–H groups in total. The summed E-state index contributed by atoms with van der Waals surface area (Å²) in [6.07, 6.45) is 1.33. The fourth-order valence-electron chi connectivity index (χ4n) is 1.52. The van der Waals surface area contributed by atoms with E-state index in [0.29, 0.717) is 15.9 Å². The number of ether oxygens (including phenoxy) is 1. The molecule has 0 bridgehead atoms. The van der Waals surface area contributed by atoms with Gasteiger partial charge in [-0.1, -0.05) is 27.5 Å². The molecule has 0 spiro atoms. The number of anilines is 1. The van der Waals surface area contributed by atoms with Crippen LogP contribution in [0.2, 0.25) is 5.15 Å². The van der Waals surface area contributed by atoms with Gasteiger partial charge in [0.1, 0.15) is 10.9 Å². The lowest BCUT2D eigenvalue weighted by molar-refractivity contribution is 0.415. The Bertz CT molecular complexity index is 745. The first-order valence-corrected chi connectivity index (χ1v) is 8.03. The molecule has 9 heteroatoms. The maximum absolute atomic E-state index is 12.2. The molecule has 6 nitrogen and oxygen atoms in total. The second-order valence-corrected chi connectivity index (χ2v) is 6.81. The van der Waals surface area contributed by atoms with E-state index >= 15 is 0 Å². The Kier molecular flexibility index (Phi) is 4.26. The van der Waals surface area contributed by atoms with Crippen LogP contribution in [0, 0.1) is 0 Å². The molecular weight excluding hydrogens is 370 g/mol. The molecule has 2 rings (SSSR count). The first kappa shape index (κ1) is 15.1. The first-order chi connectivity index (χ1) is 9.33. The van der Waals surface area contributed by atoms with Crippen LogP contribution in [0.3, 0.4) is 0 Å². The van der Waals surface area contributed by atoms with Gasteiger partial charge in [0, 0.05) is 17.6 Å². The van der Waals surface area contributed by atoms with Crippen molar-refractivity contribution in [3.8, 4) is 5.75 Å². The van der Waals surface area contributed by atoms with Gasteiger partial charge in [0.2, 0.25) is 5.03 Å². The van der Waals surface area contributed by atoms with Gasteiger partial charge in [-0.3, -0.25) is 4.72 Å².